The van der Waals surface area contributed by atoms with Crippen molar-refractivity contribution < 1.29 is 17.9 Å². The summed E-state index contributed by atoms with van der Waals surface area (Å²) >= 11 is 0. The third kappa shape index (κ3) is 3.77. The van der Waals surface area contributed by atoms with Crippen LogP contribution in [-0.2, 0) is 14.6 Å². The summed E-state index contributed by atoms with van der Waals surface area (Å²) in [5.74, 6) is -0.462. The number of benzene rings is 2. The molecule has 0 radical (unpaired) electrons. The zero-order valence-corrected chi connectivity index (χ0v) is 17.1. The van der Waals surface area contributed by atoms with Crippen LogP contribution in [0.5, 0.6) is 0 Å². The van der Waals surface area contributed by atoms with Crippen molar-refractivity contribution in [3.63, 3.8) is 0 Å². The first kappa shape index (κ1) is 20.4. The van der Waals surface area contributed by atoms with Crippen LogP contribution in [0.4, 0.5) is 4.79 Å². The molecular formula is C21H26N2O4S. The quantitative estimate of drug-likeness (QED) is 0.801. The molecule has 28 heavy (non-hydrogen) atoms. The monoisotopic (exact) mass is 402 g/mol. The first-order chi connectivity index (χ1) is 13.1. The van der Waals surface area contributed by atoms with Gasteiger partial charge in [0.1, 0.15) is 10.9 Å². The lowest BCUT2D eigenvalue weighted by molar-refractivity contribution is 0.0497. The maximum atomic E-state index is 13.4. The minimum atomic E-state index is -3.72. The van der Waals surface area contributed by atoms with Gasteiger partial charge in [-0.05, 0) is 38.5 Å². The van der Waals surface area contributed by atoms with E-state index in [9.17, 15) is 13.2 Å². The third-order valence-electron chi connectivity index (χ3n) is 4.89. The summed E-state index contributed by atoms with van der Waals surface area (Å²) in [6.07, 6.45) is -0.676. The molecule has 2 aromatic carbocycles. The van der Waals surface area contributed by atoms with Crippen molar-refractivity contribution in [1.29, 1.82) is 0 Å². The molecule has 3 N–H and O–H groups in total. The first-order valence-electron chi connectivity index (χ1n) is 9.17. The maximum absolute atomic E-state index is 13.4. The molecule has 0 spiro atoms. The van der Waals surface area contributed by atoms with Gasteiger partial charge in [-0.1, -0.05) is 48.5 Å². The normalized spacial score (nSPS) is 24.4. The number of nitrogens with one attached hydrogen (secondary N) is 1. The number of hydrogen-bond acceptors (Lipinski definition) is 5. The fourth-order valence-corrected chi connectivity index (χ4v) is 6.05. The van der Waals surface area contributed by atoms with E-state index in [1.807, 2.05) is 30.3 Å². The molecule has 2 aromatic rings. The van der Waals surface area contributed by atoms with Crippen LogP contribution in [0.1, 0.15) is 32.3 Å². The van der Waals surface area contributed by atoms with Crippen LogP contribution in [0.3, 0.4) is 0 Å². The van der Waals surface area contributed by atoms with E-state index >= 15 is 0 Å². The smallest absolute Gasteiger partial charge is 0.408 e. The summed E-state index contributed by atoms with van der Waals surface area (Å²) < 4.78 is 32.1. The van der Waals surface area contributed by atoms with Crippen molar-refractivity contribution >= 4 is 15.9 Å². The van der Waals surface area contributed by atoms with E-state index in [4.69, 9.17) is 10.5 Å². The summed E-state index contributed by atoms with van der Waals surface area (Å²) in [6.45, 7) is 5.23. The molecular weight excluding hydrogens is 376 g/mol. The standard InChI is InChI=1S/C21H26N2O4S/c1-20(2,3)27-19(24)23-21(14-22)17(15-10-6-4-7-11-15)18(21)28(25,26)16-12-8-5-9-13-16/h4-13,17-18H,14,22H2,1-3H3,(H,23,24). The number of carbonyl (C=O) groups is 1. The van der Waals surface area contributed by atoms with E-state index in [-0.39, 0.29) is 11.4 Å². The molecule has 0 aliphatic heterocycles. The van der Waals surface area contributed by atoms with Gasteiger partial charge in [0.05, 0.1) is 10.4 Å². The molecule has 0 bridgehead atoms. The van der Waals surface area contributed by atoms with E-state index in [0.29, 0.717) is 0 Å². The number of sulfone groups is 1. The lowest BCUT2D eigenvalue weighted by Gasteiger charge is -2.24. The molecule has 3 atom stereocenters. The zero-order valence-electron chi connectivity index (χ0n) is 16.3. The van der Waals surface area contributed by atoms with Crippen molar-refractivity contribution in [3.05, 3.63) is 66.2 Å². The maximum Gasteiger partial charge on any atom is 0.408 e. The average molecular weight is 403 g/mol. The highest BCUT2D eigenvalue weighted by atomic mass is 32.2. The van der Waals surface area contributed by atoms with Gasteiger partial charge in [-0.2, -0.15) is 0 Å². The minimum Gasteiger partial charge on any atom is -0.444 e. The molecule has 0 heterocycles. The van der Waals surface area contributed by atoms with Gasteiger partial charge in [-0.15, -0.1) is 0 Å². The number of alkyl carbamates (subject to hydrolysis) is 1. The van der Waals surface area contributed by atoms with Crippen LogP contribution in [0, 0.1) is 0 Å². The second kappa shape index (κ2) is 7.22. The third-order valence-corrected chi connectivity index (χ3v) is 7.18. The summed E-state index contributed by atoms with van der Waals surface area (Å²) in [7, 11) is -3.72. The van der Waals surface area contributed by atoms with Crippen LogP contribution in [-0.4, -0.2) is 37.4 Å². The highest BCUT2D eigenvalue weighted by Crippen LogP contribution is 2.56. The fraction of sp³-hybridized carbons (Fsp3) is 0.381. The molecule has 1 saturated carbocycles. The molecule has 1 amide bonds. The van der Waals surface area contributed by atoms with Gasteiger partial charge in [-0.25, -0.2) is 13.2 Å². The van der Waals surface area contributed by atoms with Gasteiger partial charge < -0.3 is 15.8 Å². The second-order valence-electron chi connectivity index (χ2n) is 8.04. The minimum absolute atomic E-state index is 0.0253. The molecule has 0 aromatic heterocycles. The predicted molar refractivity (Wildman–Crippen MR) is 108 cm³/mol. The fourth-order valence-electron chi connectivity index (χ4n) is 3.69. The van der Waals surface area contributed by atoms with Crippen molar-refractivity contribution in [3.8, 4) is 0 Å². The van der Waals surface area contributed by atoms with Crippen LogP contribution in [0.15, 0.2) is 65.6 Å². The summed E-state index contributed by atoms with van der Waals surface area (Å²) in [5.41, 5.74) is 5.02. The molecule has 1 aliphatic carbocycles. The molecule has 1 aliphatic rings. The molecule has 3 rings (SSSR count). The largest absolute Gasteiger partial charge is 0.444 e. The number of hydrogen-bond donors (Lipinski definition) is 2. The highest BCUT2D eigenvalue weighted by molar-refractivity contribution is 7.92. The number of amides is 1. The number of carbonyl (C=O) groups excluding carboxylic acids is 1. The van der Waals surface area contributed by atoms with Gasteiger partial charge in [0.2, 0.25) is 0 Å². The summed E-state index contributed by atoms with van der Waals surface area (Å²) in [4.78, 5) is 12.7. The summed E-state index contributed by atoms with van der Waals surface area (Å²) in [5, 5.41) is 1.91. The van der Waals surface area contributed by atoms with Crippen molar-refractivity contribution in [2.45, 2.75) is 48.0 Å². The SMILES string of the molecule is CC(C)(C)OC(=O)NC1(CN)C(c2ccccc2)C1S(=O)(=O)c1ccccc1. The Labute approximate surface area is 166 Å². The molecule has 150 valence electrons. The highest BCUT2D eigenvalue weighted by Gasteiger charge is 2.71. The van der Waals surface area contributed by atoms with Crippen molar-refractivity contribution in [1.82, 2.24) is 5.32 Å². The van der Waals surface area contributed by atoms with E-state index in [1.165, 1.54) is 0 Å². The predicted octanol–water partition coefficient (Wildman–Crippen LogP) is 2.85. The number of ether oxygens (including phenoxy) is 1. The Balaban J connectivity index is 2.01. The number of nitrogens with two attached hydrogens (primary N) is 1. The molecule has 3 unspecified atom stereocenters. The topological polar surface area (TPSA) is 98.5 Å². The Morgan fingerprint density at radius 3 is 2.11 bits per heavy atom. The van der Waals surface area contributed by atoms with E-state index in [0.717, 1.165) is 5.56 Å². The van der Waals surface area contributed by atoms with Crippen LogP contribution in [0.25, 0.3) is 0 Å². The second-order valence-corrected chi connectivity index (χ2v) is 10.1. The average Bonchev–Trinajstić information content (AvgIpc) is 3.31. The van der Waals surface area contributed by atoms with Crippen molar-refractivity contribution in [2.75, 3.05) is 6.54 Å². The summed E-state index contributed by atoms with van der Waals surface area (Å²) in [6, 6.07) is 17.5. The Bertz CT molecular complexity index is 939. The van der Waals surface area contributed by atoms with E-state index in [1.54, 1.807) is 51.1 Å². The van der Waals surface area contributed by atoms with Gasteiger partial charge in [0, 0.05) is 12.5 Å². The Hall–Kier alpha value is -2.38. The molecule has 6 nitrogen and oxygen atoms in total. The molecule has 1 fully saturated rings. The van der Waals surface area contributed by atoms with E-state index in [2.05, 4.69) is 5.32 Å². The van der Waals surface area contributed by atoms with Crippen molar-refractivity contribution in [2.24, 2.45) is 5.73 Å². The van der Waals surface area contributed by atoms with Crippen LogP contribution in [0.2, 0.25) is 0 Å². The van der Waals surface area contributed by atoms with Gasteiger partial charge in [0.25, 0.3) is 0 Å². The Kier molecular flexibility index (Phi) is 5.25. The van der Waals surface area contributed by atoms with Gasteiger partial charge in [0.15, 0.2) is 9.84 Å². The lowest BCUT2D eigenvalue weighted by Crippen LogP contribution is -2.49. The first-order valence-corrected chi connectivity index (χ1v) is 10.7. The Morgan fingerprint density at radius 2 is 1.61 bits per heavy atom. The van der Waals surface area contributed by atoms with Crippen LogP contribution >= 0.6 is 0 Å². The Morgan fingerprint density at radius 1 is 1.07 bits per heavy atom. The zero-order chi connectivity index (χ0) is 20.6. The lowest BCUT2D eigenvalue weighted by atomic mass is 10.1. The van der Waals surface area contributed by atoms with Gasteiger partial charge >= 0.3 is 6.09 Å². The van der Waals surface area contributed by atoms with E-state index < -0.39 is 38.2 Å². The van der Waals surface area contributed by atoms with Crippen LogP contribution < -0.4 is 11.1 Å². The van der Waals surface area contributed by atoms with Gasteiger partial charge in [-0.3, -0.25) is 0 Å². The molecule has 0 saturated heterocycles. The molecule has 7 heteroatoms. The number of rotatable bonds is 5.